The average Bonchev–Trinajstić information content (AvgIpc) is 2.92. The van der Waals surface area contributed by atoms with Crippen molar-refractivity contribution in [3.63, 3.8) is 0 Å². The average molecular weight is 312 g/mol. The van der Waals surface area contributed by atoms with Gasteiger partial charge in [-0.05, 0) is 32.9 Å². The van der Waals surface area contributed by atoms with E-state index in [0.717, 1.165) is 5.76 Å². The zero-order valence-corrected chi connectivity index (χ0v) is 13.5. The van der Waals surface area contributed by atoms with Gasteiger partial charge in [0.05, 0.1) is 6.54 Å². The van der Waals surface area contributed by atoms with Crippen LogP contribution in [-0.4, -0.2) is 19.8 Å². The van der Waals surface area contributed by atoms with Crippen LogP contribution in [-0.2, 0) is 23.1 Å². The summed E-state index contributed by atoms with van der Waals surface area (Å²) >= 11 is 0. The van der Waals surface area contributed by atoms with Gasteiger partial charge in [-0.2, -0.15) is 4.31 Å². The lowest BCUT2D eigenvalue weighted by Gasteiger charge is -2.16. The van der Waals surface area contributed by atoms with Crippen LogP contribution in [0.15, 0.2) is 25.9 Å². The van der Waals surface area contributed by atoms with Gasteiger partial charge in [-0.15, -0.1) is 0 Å². The third-order valence-corrected chi connectivity index (χ3v) is 5.37. The zero-order chi connectivity index (χ0) is 15.8. The summed E-state index contributed by atoms with van der Waals surface area (Å²) in [5.41, 5.74) is 6.18. The van der Waals surface area contributed by atoms with Crippen LogP contribution in [0.1, 0.15) is 28.6 Å². The molecule has 0 aromatic carbocycles. The summed E-state index contributed by atoms with van der Waals surface area (Å²) in [5.74, 6) is 2.23. The topological polar surface area (TPSA) is 89.7 Å². The lowest BCUT2D eigenvalue weighted by molar-refractivity contribution is 0.396. The van der Waals surface area contributed by atoms with Gasteiger partial charge in [0.1, 0.15) is 27.9 Å². The Hall–Kier alpha value is -1.57. The van der Waals surface area contributed by atoms with Crippen molar-refractivity contribution >= 4 is 10.0 Å². The van der Waals surface area contributed by atoms with Crippen molar-refractivity contribution < 1.29 is 17.3 Å². The molecule has 2 aromatic heterocycles. The molecule has 0 fully saturated rings. The molecule has 7 heteroatoms. The summed E-state index contributed by atoms with van der Waals surface area (Å²) < 4.78 is 37.5. The first-order chi connectivity index (χ1) is 9.77. The number of hydrogen-bond donors (Lipinski definition) is 1. The Kier molecular flexibility index (Phi) is 4.27. The highest BCUT2D eigenvalue weighted by Gasteiger charge is 2.30. The molecule has 0 atom stereocenters. The van der Waals surface area contributed by atoms with Gasteiger partial charge in [0.15, 0.2) is 0 Å². The number of nitrogens with zero attached hydrogens (tertiary/aromatic N) is 1. The third-order valence-electron chi connectivity index (χ3n) is 3.37. The van der Waals surface area contributed by atoms with Gasteiger partial charge < -0.3 is 14.6 Å². The maximum Gasteiger partial charge on any atom is 0.247 e. The van der Waals surface area contributed by atoms with E-state index in [4.69, 9.17) is 14.6 Å². The first-order valence-corrected chi connectivity index (χ1v) is 8.02. The fraction of sp³-hybridized carbons (Fsp3) is 0.429. The highest BCUT2D eigenvalue weighted by Crippen LogP contribution is 2.29. The first kappa shape index (κ1) is 15.8. The van der Waals surface area contributed by atoms with Crippen molar-refractivity contribution in [1.82, 2.24) is 4.31 Å². The van der Waals surface area contributed by atoms with E-state index in [2.05, 4.69) is 0 Å². The Morgan fingerprint density at radius 1 is 1.14 bits per heavy atom. The van der Waals surface area contributed by atoms with Crippen LogP contribution in [0, 0.1) is 20.8 Å². The van der Waals surface area contributed by atoms with E-state index in [1.807, 2.05) is 6.92 Å². The van der Waals surface area contributed by atoms with Crippen molar-refractivity contribution in [2.24, 2.45) is 5.73 Å². The van der Waals surface area contributed by atoms with E-state index in [1.54, 1.807) is 26.0 Å². The summed E-state index contributed by atoms with van der Waals surface area (Å²) in [5, 5.41) is 0. The second kappa shape index (κ2) is 5.67. The molecule has 0 aliphatic heterocycles. The van der Waals surface area contributed by atoms with Gasteiger partial charge >= 0.3 is 0 Å². The number of rotatable bonds is 5. The molecule has 0 saturated carbocycles. The molecule has 0 aliphatic carbocycles. The van der Waals surface area contributed by atoms with Crippen LogP contribution in [0.3, 0.4) is 0 Å². The second-order valence-electron chi connectivity index (χ2n) is 5.00. The summed E-state index contributed by atoms with van der Waals surface area (Å²) in [4.78, 5) is 0.160. The van der Waals surface area contributed by atoms with E-state index in [9.17, 15) is 8.42 Å². The summed E-state index contributed by atoms with van der Waals surface area (Å²) in [6.45, 7) is 5.43. The van der Waals surface area contributed by atoms with E-state index < -0.39 is 10.0 Å². The van der Waals surface area contributed by atoms with Gasteiger partial charge in [-0.1, -0.05) is 0 Å². The summed E-state index contributed by atoms with van der Waals surface area (Å²) in [6.07, 6.45) is 0. The van der Waals surface area contributed by atoms with Crippen molar-refractivity contribution in [2.75, 3.05) is 7.05 Å². The molecule has 116 valence electrons. The smallest absolute Gasteiger partial charge is 0.247 e. The highest BCUT2D eigenvalue weighted by atomic mass is 32.2. The van der Waals surface area contributed by atoms with Crippen LogP contribution in [0.2, 0.25) is 0 Å². The lowest BCUT2D eigenvalue weighted by atomic mass is 10.2. The Morgan fingerprint density at radius 3 is 2.33 bits per heavy atom. The van der Waals surface area contributed by atoms with Gasteiger partial charge in [0.25, 0.3) is 0 Å². The Bertz CT molecular complexity index is 743. The van der Waals surface area contributed by atoms with E-state index >= 15 is 0 Å². The van der Waals surface area contributed by atoms with Crippen molar-refractivity contribution in [3.05, 3.63) is 40.7 Å². The molecule has 0 aliphatic rings. The number of hydrogen-bond acceptors (Lipinski definition) is 5. The standard InChI is InChI=1S/C14H20N2O4S/c1-9-5-6-12(19-9)8-16(4)21(17,18)14-11(3)20-10(2)13(14)7-15/h5-6H,7-8,15H2,1-4H3. The quantitative estimate of drug-likeness (QED) is 0.913. The van der Waals surface area contributed by atoms with E-state index in [-0.39, 0.29) is 18.0 Å². The molecule has 0 spiro atoms. The Labute approximate surface area is 124 Å². The van der Waals surface area contributed by atoms with Crippen LogP contribution in [0.4, 0.5) is 0 Å². The molecule has 2 rings (SSSR count). The number of furan rings is 2. The largest absolute Gasteiger partial charge is 0.465 e. The lowest BCUT2D eigenvalue weighted by Crippen LogP contribution is -2.27. The number of aryl methyl sites for hydroxylation is 3. The van der Waals surface area contributed by atoms with Crippen molar-refractivity contribution in [3.8, 4) is 0 Å². The Balaban J connectivity index is 2.37. The maximum absolute atomic E-state index is 12.7. The number of nitrogens with two attached hydrogens (primary N) is 1. The van der Waals surface area contributed by atoms with Gasteiger partial charge in [-0.3, -0.25) is 0 Å². The molecule has 0 bridgehead atoms. The predicted octanol–water partition coefficient (Wildman–Crippen LogP) is 2.08. The fourth-order valence-corrected chi connectivity index (χ4v) is 3.87. The zero-order valence-electron chi connectivity index (χ0n) is 12.6. The minimum atomic E-state index is -3.68. The summed E-state index contributed by atoms with van der Waals surface area (Å²) in [7, 11) is -2.17. The predicted molar refractivity (Wildman–Crippen MR) is 78.2 cm³/mol. The van der Waals surface area contributed by atoms with Crippen LogP contribution >= 0.6 is 0 Å². The molecule has 6 nitrogen and oxygen atoms in total. The SMILES string of the molecule is Cc1ccc(CN(C)S(=O)(=O)c2c(C)oc(C)c2CN)o1. The summed E-state index contributed by atoms with van der Waals surface area (Å²) in [6, 6.07) is 3.56. The first-order valence-electron chi connectivity index (χ1n) is 6.58. The molecule has 21 heavy (non-hydrogen) atoms. The molecule has 2 heterocycles. The monoisotopic (exact) mass is 312 g/mol. The molecular weight excluding hydrogens is 292 g/mol. The van der Waals surface area contributed by atoms with Crippen LogP contribution in [0.5, 0.6) is 0 Å². The Morgan fingerprint density at radius 2 is 1.81 bits per heavy atom. The maximum atomic E-state index is 12.7. The molecule has 0 unspecified atom stereocenters. The molecule has 2 N–H and O–H groups in total. The van der Waals surface area contributed by atoms with E-state index in [1.165, 1.54) is 11.4 Å². The molecular formula is C14H20N2O4S. The van der Waals surface area contributed by atoms with Crippen molar-refractivity contribution in [2.45, 2.75) is 38.8 Å². The van der Waals surface area contributed by atoms with Gasteiger partial charge in [-0.25, -0.2) is 8.42 Å². The molecule has 0 amide bonds. The normalized spacial score (nSPS) is 12.3. The van der Waals surface area contributed by atoms with Crippen LogP contribution < -0.4 is 5.73 Å². The van der Waals surface area contributed by atoms with E-state index in [0.29, 0.717) is 22.8 Å². The molecule has 0 radical (unpaired) electrons. The third kappa shape index (κ3) is 2.90. The van der Waals surface area contributed by atoms with Gasteiger partial charge in [0, 0.05) is 19.2 Å². The fourth-order valence-electron chi connectivity index (χ4n) is 2.31. The highest BCUT2D eigenvalue weighted by molar-refractivity contribution is 7.89. The van der Waals surface area contributed by atoms with Crippen LogP contribution in [0.25, 0.3) is 0 Å². The van der Waals surface area contributed by atoms with Gasteiger partial charge in [0.2, 0.25) is 10.0 Å². The second-order valence-corrected chi connectivity index (χ2v) is 6.98. The minimum absolute atomic E-state index is 0.117. The minimum Gasteiger partial charge on any atom is -0.465 e. The number of sulfonamides is 1. The van der Waals surface area contributed by atoms with Crippen molar-refractivity contribution in [1.29, 1.82) is 0 Å². The molecule has 0 saturated heterocycles. The molecule has 2 aromatic rings.